The molecule has 184 valence electrons. The summed E-state index contributed by atoms with van der Waals surface area (Å²) in [5, 5.41) is 16.3. The molecule has 9 nitrogen and oxygen atoms in total. The average Bonchev–Trinajstić information content (AvgIpc) is 2.78. The van der Waals surface area contributed by atoms with Crippen LogP contribution in [0.5, 0.6) is 5.75 Å². The molecule has 0 heterocycles. The molecule has 0 fully saturated rings. The molecule has 0 saturated carbocycles. The van der Waals surface area contributed by atoms with E-state index in [0.29, 0.717) is 5.02 Å². The van der Waals surface area contributed by atoms with Crippen molar-refractivity contribution in [3.05, 3.63) is 58.9 Å². The van der Waals surface area contributed by atoms with Crippen LogP contribution in [0.25, 0.3) is 0 Å². The first-order valence-electron chi connectivity index (χ1n) is 10.4. The van der Waals surface area contributed by atoms with E-state index in [0.717, 1.165) is 10.5 Å². The lowest BCUT2D eigenvalue weighted by atomic mass is 10.2. The van der Waals surface area contributed by atoms with E-state index in [1.54, 1.807) is 38.1 Å². The summed E-state index contributed by atoms with van der Waals surface area (Å²) in [5.41, 5.74) is 1.04. The van der Waals surface area contributed by atoms with Gasteiger partial charge in [0.25, 0.3) is 0 Å². The van der Waals surface area contributed by atoms with Crippen LogP contribution in [0.4, 0.5) is 14.9 Å². The summed E-state index contributed by atoms with van der Waals surface area (Å²) in [5.74, 6) is -1.13. The zero-order chi connectivity index (χ0) is 25.3. The summed E-state index contributed by atoms with van der Waals surface area (Å²) in [6, 6.07) is 10.2. The number of amidine groups is 1. The number of hydrogen-bond donors (Lipinski definition) is 3. The second-order valence-corrected chi connectivity index (χ2v) is 7.93. The van der Waals surface area contributed by atoms with E-state index in [2.05, 4.69) is 20.4 Å². The fourth-order valence-corrected chi connectivity index (χ4v) is 2.88. The minimum Gasteiger partial charge on any atom is -0.488 e. The molecule has 3 N–H and O–H groups in total. The van der Waals surface area contributed by atoms with Gasteiger partial charge in [-0.25, -0.2) is 14.2 Å². The summed E-state index contributed by atoms with van der Waals surface area (Å²) in [7, 11) is 1.17. The van der Waals surface area contributed by atoms with Gasteiger partial charge in [-0.2, -0.15) is 0 Å². The first kappa shape index (κ1) is 27.0. The second-order valence-electron chi connectivity index (χ2n) is 7.49. The van der Waals surface area contributed by atoms with E-state index in [1.807, 2.05) is 0 Å². The lowest BCUT2D eigenvalue weighted by molar-refractivity contribution is -0.144. The van der Waals surface area contributed by atoms with Gasteiger partial charge < -0.3 is 14.6 Å². The van der Waals surface area contributed by atoms with E-state index in [1.165, 1.54) is 32.2 Å². The number of ether oxygens (including phenoxy) is 2. The molecule has 0 aliphatic heterocycles. The molecule has 2 amide bonds. The maximum Gasteiger partial charge on any atom is 0.326 e. The van der Waals surface area contributed by atoms with Crippen LogP contribution in [0.3, 0.4) is 0 Å². The monoisotopic (exact) mass is 494 g/mol. The number of halogens is 2. The molecule has 0 aromatic heterocycles. The molecule has 2 rings (SSSR count). The number of esters is 1. The van der Waals surface area contributed by atoms with Gasteiger partial charge in [0.05, 0.1) is 18.9 Å². The summed E-state index contributed by atoms with van der Waals surface area (Å²) in [6.45, 7) is 4.72. The maximum absolute atomic E-state index is 14.2. The van der Waals surface area contributed by atoms with Crippen LogP contribution in [-0.2, 0) is 16.1 Å². The molecule has 34 heavy (non-hydrogen) atoms. The van der Waals surface area contributed by atoms with Gasteiger partial charge in [0.15, 0.2) is 17.9 Å². The Hall–Kier alpha value is -3.21. The summed E-state index contributed by atoms with van der Waals surface area (Å²) in [6.07, 6.45) is -1.71. The molecular formula is C23H28ClFN4O5. The Kier molecular flexibility index (Phi) is 10.2. The molecule has 2 aromatic carbocycles. The average molecular weight is 495 g/mol. The highest BCUT2D eigenvalue weighted by molar-refractivity contribution is 6.30. The Balaban J connectivity index is 2.08. The Bertz CT molecular complexity index is 1020. The summed E-state index contributed by atoms with van der Waals surface area (Å²) < 4.78 is 24.2. The van der Waals surface area contributed by atoms with Gasteiger partial charge in [-0.3, -0.25) is 20.3 Å². The Morgan fingerprint density at radius 2 is 1.88 bits per heavy atom. The van der Waals surface area contributed by atoms with Crippen molar-refractivity contribution in [1.29, 1.82) is 0 Å². The third-order valence-corrected chi connectivity index (χ3v) is 4.60. The van der Waals surface area contributed by atoms with Gasteiger partial charge in [-0.05, 0) is 50.6 Å². The lowest BCUT2D eigenvalue weighted by Gasteiger charge is -2.27. The third kappa shape index (κ3) is 8.62. The number of nitrogens with one attached hydrogen (secondary N) is 2. The molecule has 2 aromatic rings. The van der Waals surface area contributed by atoms with Crippen molar-refractivity contribution in [2.75, 3.05) is 13.7 Å². The zero-order valence-electron chi connectivity index (χ0n) is 19.3. The highest BCUT2D eigenvalue weighted by Crippen LogP contribution is 2.24. The Morgan fingerprint density at radius 1 is 1.21 bits per heavy atom. The summed E-state index contributed by atoms with van der Waals surface area (Å²) >= 11 is 5.86. The van der Waals surface area contributed by atoms with Crippen molar-refractivity contribution in [2.24, 2.45) is 4.99 Å². The normalized spacial score (nSPS) is 12.3. The van der Waals surface area contributed by atoms with Crippen molar-refractivity contribution in [2.45, 2.75) is 39.8 Å². The number of aliphatic imine (C=N–C) groups is 1. The van der Waals surface area contributed by atoms with Crippen LogP contribution in [0.15, 0.2) is 47.5 Å². The van der Waals surface area contributed by atoms with Crippen molar-refractivity contribution in [1.82, 2.24) is 15.5 Å². The fraction of sp³-hybridized carbons (Fsp3) is 0.348. The minimum absolute atomic E-state index is 0.0924. The number of amides is 2. The van der Waals surface area contributed by atoms with Gasteiger partial charge >= 0.3 is 12.0 Å². The summed E-state index contributed by atoms with van der Waals surface area (Å²) in [4.78, 5) is 29.5. The van der Waals surface area contributed by atoms with E-state index >= 15 is 0 Å². The molecular weight excluding hydrogens is 467 g/mol. The second kappa shape index (κ2) is 12.9. The zero-order valence-corrected chi connectivity index (χ0v) is 20.1. The highest BCUT2D eigenvalue weighted by Gasteiger charge is 2.25. The number of benzene rings is 2. The van der Waals surface area contributed by atoms with E-state index < -0.39 is 30.7 Å². The van der Waals surface area contributed by atoms with Crippen LogP contribution in [0.1, 0.15) is 26.3 Å². The molecule has 0 aliphatic rings. The smallest absolute Gasteiger partial charge is 0.326 e. The van der Waals surface area contributed by atoms with Gasteiger partial charge in [-0.1, -0.05) is 23.7 Å². The topological polar surface area (TPSA) is 112 Å². The van der Waals surface area contributed by atoms with Crippen LogP contribution < -0.4 is 15.4 Å². The number of aliphatic hydroxyl groups is 1. The molecule has 0 bridgehead atoms. The van der Waals surface area contributed by atoms with Crippen LogP contribution in [-0.4, -0.2) is 54.0 Å². The number of rotatable bonds is 9. The maximum atomic E-state index is 14.2. The first-order chi connectivity index (χ1) is 16.1. The van der Waals surface area contributed by atoms with Gasteiger partial charge in [-0.15, -0.1) is 0 Å². The van der Waals surface area contributed by atoms with Crippen LogP contribution >= 0.6 is 11.6 Å². The van der Waals surface area contributed by atoms with Crippen LogP contribution in [0.2, 0.25) is 5.02 Å². The predicted molar refractivity (Wildman–Crippen MR) is 126 cm³/mol. The fourth-order valence-electron chi connectivity index (χ4n) is 2.75. The number of methoxy groups -OCH3 is 1. The van der Waals surface area contributed by atoms with Gasteiger partial charge in [0, 0.05) is 17.6 Å². The number of urea groups is 1. The van der Waals surface area contributed by atoms with Crippen molar-refractivity contribution in [3.63, 3.8) is 0 Å². The van der Waals surface area contributed by atoms with E-state index in [9.17, 15) is 19.1 Å². The molecule has 1 unspecified atom stereocenters. The molecule has 0 saturated heterocycles. The van der Waals surface area contributed by atoms with Gasteiger partial charge in [0.1, 0.15) is 12.4 Å². The van der Waals surface area contributed by atoms with Crippen molar-refractivity contribution < 1.29 is 28.6 Å². The number of aliphatic hydroxyl groups excluding tert-OH is 1. The standard InChI is InChI=1S/C23H28ClFN4O5/c1-14(2)34-20-10-9-18(11-19(20)25)27-15(3)28-23(32)29(13-21(30)33-4)22(31)26-12-16-5-7-17(24)8-6-16/h5-11,14,22,26,31H,12-13H2,1-4H3,(H,27,28,32). The van der Waals surface area contributed by atoms with Crippen molar-refractivity contribution >= 4 is 35.1 Å². The quantitative estimate of drug-likeness (QED) is 0.213. The number of carbonyl (C=O) groups excluding carboxylic acids is 2. The predicted octanol–water partition coefficient (Wildman–Crippen LogP) is 3.57. The Labute approximate surface area is 202 Å². The number of nitrogens with zero attached hydrogens (tertiary/aromatic N) is 2. The third-order valence-electron chi connectivity index (χ3n) is 4.35. The molecule has 0 radical (unpaired) electrons. The lowest BCUT2D eigenvalue weighted by Crippen LogP contribution is -2.54. The molecule has 11 heteroatoms. The Morgan fingerprint density at radius 3 is 2.47 bits per heavy atom. The van der Waals surface area contributed by atoms with Crippen LogP contribution in [0, 0.1) is 5.82 Å². The van der Waals surface area contributed by atoms with E-state index in [4.69, 9.17) is 16.3 Å². The number of carbonyl (C=O) groups is 2. The van der Waals surface area contributed by atoms with E-state index in [-0.39, 0.29) is 29.9 Å². The molecule has 0 aliphatic carbocycles. The first-order valence-corrected chi connectivity index (χ1v) is 10.8. The molecule has 1 atom stereocenters. The SMILES string of the molecule is COC(=O)CN(C(=O)NC(C)=Nc1ccc(OC(C)C)c(F)c1)C(O)NCc1ccc(Cl)cc1. The number of hydrogen-bond acceptors (Lipinski definition) is 7. The highest BCUT2D eigenvalue weighted by atomic mass is 35.5. The molecule has 0 spiro atoms. The minimum atomic E-state index is -1.52. The largest absolute Gasteiger partial charge is 0.488 e. The van der Waals surface area contributed by atoms with Crippen molar-refractivity contribution in [3.8, 4) is 5.75 Å². The van der Waals surface area contributed by atoms with Gasteiger partial charge in [0.2, 0.25) is 0 Å².